The van der Waals surface area contributed by atoms with Gasteiger partial charge in [0.2, 0.25) is 0 Å². The van der Waals surface area contributed by atoms with E-state index < -0.39 is 5.91 Å². The summed E-state index contributed by atoms with van der Waals surface area (Å²) in [7, 11) is 0. The van der Waals surface area contributed by atoms with E-state index in [-0.39, 0.29) is 0 Å². The number of rotatable bonds is 3. The van der Waals surface area contributed by atoms with Crippen molar-refractivity contribution in [3.05, 3.63) is 59.7 Å². The third-order valence-electron chi connectivity index (χ3n) is 2.51. The van der Waals surface area contributed by atoms with Gasteiger partial charge in [-0.15, -0.1) is 0 Å². The topological polar surface area (TPSA) is 81.5 Å². The van der Waals surface area contributed by atoms with Crippen LogP contribution >= 0.6 is 0 Å². The molecule has 0 unspecified atom stereocenters. The molecule has 0 saturated carbocycles. The molecule has 0 heterocycles. The van der Waals surface area contributed by atoms with Gasteiger partial charge in [-0.2, -0.15) is 0 Å². The largest absolute Gasteiger partial charge is 0.398 e. The Kier molecular flexibility index (Phi) is 3.38. The van der Waals surface area contributed by atoms with Crippen LogP contribution in [0.3, 0.4) is 0 Å². The van der Waals surface area contributed by atoms with E-state index in [0.717, 1.165) is 5.69 Å². The van der Waals surface area contributed by atoms with Crippen LogP contribution in [0.25, 0.3) is 0 Å². The highest BCUT2D eigenvalue weighted by Crippen LogP contribution is 2.17. The van der Waals surface area contributed by atoms with Gasteiger partial charge in [0.05, 0.1) is 16.9 Å². The number of carbonyl (C=O) groups is 1. The van der Waals surface area contributed by atoms with E-state index in [2.05, 4.69) is 4.99 Å². The van der Waals surface area contributed by atoms with Crippen LogP contribution in [0.5, 0.6) is 0 Å². The summed E-state index contributed by atoms with van der Waals surface area (Å²) in [6, 6.07) is 14.6. The van der Waals surface area contributed by atoms with E-state index in [1.807, 2.05) is 30.3 Å². The summed E-state index contributed by atoms with van der Waals surface area (Å²) >= 11 is 0. The molecule has 2 aromatic rings. The fourth-order valence-corrected chi connectivity index (χ4v) is 1.57. The van der Waals surface area contributed by atoms with Crippen molar-refractivity contribution in [2.75, 3.05) is 5.73 Å². The minimum atomic E-state index is -0.539. The smallest absolute Gasteiger partial charge is 0.250 e. The van der Waals surface area contributed by atoms with Crippen molar-refractivity contribution in [1.29, 1.82) is 0 Å². The average molecular weight is 239 g/mol. The second-order valence-electron chi connectivity index (χ2n) is 3.77. The number of primary amides is 1. The van der Waals surface area contributed by atoms with Crippen molar-refractivity contribution < 1.29 is 4.79 Å². The molecule has 0 aliphatic heterocycles. The van der Waals surface area contributed by atoms with Gasteiger partial charge in [0.1, 0.15) is 0 Å². The van der Waals surface area contributed by atoms with Crippen molar-refractivity contribution in [3.8, 4) is 0 Å². The van der Waals surface area contributed by atoms with Crippen LogP contribution in [0.15, 0.2) is 53.5 Å². The molecular formula is C14H13N3O. The Hall–Kier alpha value is -2.62. The summed E-state index contributed by atoms with van der Waals surface area (Å²) in [6.45, 7) is 0. The molecule has 2 rings (SSSR count). The number of hydrogen-bond donors (Lipinski definition) is 2. The van der Waals surface area contributed by atoms with Gasteiger partial charge in [0, 0.05) is 11.8 Å². The highest BCUT2D eigenvalue weighted by molar-refractivity contribution is 6.02. The van der Waals surface area contributed by atoms with Gasteiger partial charge in [-0.1, -0.05) is 30.3 Å². The summed E-state index contributed by atoms with van der Waals surface area (Å²) in [5, 5.41) is 0. The quantitative estimate of drug-likeness (QED) is 0.635. The monoisotopic (exact) mass is 239 g/mol. The van der Waals surface area contributed by atoms with Crippen molar-refractivity contribution in [2.45, 2.75) is 0 Å². The van der Waals surface area contributed by atoms with Gasteiger partial charge in [-0.3, -0.25) is 9.79 Å². The van der Waals surface area contributed by atoms with E-state index in [1.165, 1.54) is 0 Å². The van der Waals surface area contributed by atoms with Crippen LogP contribution in [-0.2, 0) is 0 Å². The molecule has 4 N–H and O–H groups in total. The number of para-hydroxylation sites is 2. The maximum Gasteiger partial charge on any atom is 0.250 e. The van der Waals surface area contributed by atoms with Crippen molar-refractivity contribution >= 4 is 23.5 Å². The zero-order valence-corrected chi connectivity index (χ0v) is 9.71. The maximum atomic E-state index is 11.1. The van der Waals surface area contributed by atoms with E-state index in [0.29, 0.717) is 16.8 Å². The van der Waals surface area contributed by atoms with Crippen LogP contribution < -0.4 is 11.5 Å². The lowest BCUT2D eigenvalue weighted by Gasteiger charge is -2.04. The summed E-state index contributed by atoms with van der Waals surface area (Å²) in [4.78, 5) is 15.4. The van der Waals surface area contributed by atoms with Crippen LogP contribution in [0.1, 0.15) is 15.9 Å². The molecular weight excluding hydrogens is 226 g/mol. The Morgan fingerprint density at radius 2 is 1.78 bits per heavy atom. The molecule has 0 saturated heterocycles. The summed E-state index contributed by atoms with van der Waals surface area (Å²) < 4.78 is 0. The predicted octanol–water partition coefficient (Wildman–Crippen LogP) is 2.12. The number of amides is 1. The van der Waals surface area contributed by atoms with Crippen LogP contribution in [0.2, 0.25) is 0 Å². The molecule has 18 heavy (non-hydrogen) atoms. The Morgan fingerprint density at radius 3 is 2.44 bits per heavy atom. The molecule has 90 valence electrons. The molecule has 0 bridgehead atoms. The number of hydrogen-bond acceptors (Lipinski definition) is 3. The van der Waals surface area contributed by atoms with Crippen LogP contribution in [-0.4, -0.2) is 12.1 Å². The number of nitrogens with two attached hydrogens (primary N) is 2. The molecule has 0 fully saturated rings. The highest BCUT2D eigenvalue weighted by atomic mass is 16.1. The number of nitrogen functional groups attached to an aromatic ring is 1. The second kappa shape index (κ2) is 5.14. The first-order valence-corrected chi connectivity index (χ1v) is 5.46. The molecule has 1 amide bonds. The van der Waals surface area contributed by atoms with Crippen LogP contribution in [0, 0.1) is 0 Å². The van der Waals surface area contributed by atoms with Gasteiger partial charge in [0.25, 0.3) is 5.91 Å². The van der Waals surface area contributed by atoms with Gasteiger partial charge in [-0.25, -0.2) is 0 Å². The molecule has 0 aliphatic carbocycles. The summed E-state index contributed by atoms with van der Waals surface area (Å²) in [5.41, 5.74) is 13.2. The fraction of sp³-hybridized carbons (Fsp3) is 0. The molecule has 2 aromatic carbocycles. The van der Waals surface area contributed by atoms with Gasteiger partial charge >= 0.3 is 0 Å². The van der Waals surface area contributed by atoms with Crippen molar-refractivity contribution in [2.24, 2.45) is 10.7 Å². The first-order valence-electron chi connectivity index (χ1n) is 5.46. The predicted molar refractivity (Wildman–Crippen MR) is 73.1 cm³/mol. The molecule has 0 aliphatic rings. The van der Waals surface area contributed by atoms with Crippen molar-refractivity contribution in [3.63, 3.8) is 0 Å². The minimum absolute atomic E-state index is 0.312. The van der Waals surface area contributed by atoms with Gasteiger partial charge < -0.3 is 11.5 Å². The number of nitrogens with zero attached hydrogens (tertiary/aromatic N) is 1. The first-order chi connectivity index (χ1) is 8.68. The zero-order chi connectivity index (χ0) is 13.0. The average Bonchev–Trinajstić information content (AvgIpc) is 2.38. The van der Waals surface area contributed by atoms with E-state index in [1.54, 1.807) is 24.4 Å². The second-order valence-corrected chi connectivity index (χ2v) is 3.77. The Morgan fingerprint density at radius 1 is 1.06 bits per heavy atom. The number of carbonyl (C=O) groups excluding carboxylic acids is 1. The van der Waals surface area contributed by atoms with Gasteiger partial charge in [0.15, 0.2) is 0 Å². The van der Waals surface area contributed by atoms with E-state index in [9.17, 15) is 4.79 Å². The Balaban J connectivity index is 2.33. The highest BCUT2D eigenvalue weighted by Gasteiger charge is 2.07. The summed E-state index contributed by atoms with van der Waals surface area (Å²) in [5.74, 6) is -0.539. The molecule has 4 nitrogen and oxygen atoms in total. The minimum Gasteiger partial charge on any atom is -0.398 e. The van der Waals surface area contributed by atoms with E-state index in [4.69, 9.17) is 11.5 Å². The lowest BCUT2D eigenvalue weighted by molar-refractivity contribution is 0.100. The SMILES string of the molecule is NC(=O)c1cccc(C=Nc2ccccc2)c1N. The normalized spacial score (nSPS) is 10.7. The lowest BCUT2D eigenvalue weighted by atomic mass is 10.1. The standard InChI is InChI=1S/C14H13N3O/c15-13-10(5-4-8-12(13)14(16)18)9-17-11-6-2-1-3-7-11/h1-9H,15H2,(H2,16,18). The van der Waals surface area contributed by atoms with Gasteiger partial charge in [-0.05, 0) is 18.2 Å². The third kappa shape index (κ3) is 2.55. The molecule has 0 radical (unpaired) electrons. The van der Waals surface area contributed by atoms with E-state index >= 15 is 0 Å². The molecule has 0 atom stereocenters. The molecule has 4 heteroatoms. The molecule has 0 spiro atoms. The Labute approximate surface area is 105 Å². The zero-order valence-electron chi connectivity index (χ0n) is 9.71. The maximum absolute atomic E-state index is 11.1. The third-order valence-corrected chi connectivity index (χ3v) is 2.51. The lowest BCUT2D eigenvalue weighted by Crippen LogP contribution is -2.14. The fourth-order valence-electron chi connectivity index (χ4n) is 1.57. The number of aliphatic imine (C=N–C) groups is 1. The van der Waals surface area contributed by atoms with Crippen molar-refractivity contribution in [1.82, 2.24) is 0 Å². The van der Waals surface area contributed by atoms with Crippen LogP contribution in [0.4, 0.5) is 11.4 Å². The number of benzene rings is 2. The number of anilines is 1. The first kappa shape index (κ1) is 11.9. The summed E-state index contributed by atoms with van der Waals surface area (Å²) in [6.07, 6.45) is 1.62. The molecule has 0 aromatic heterocycles. The Bertz CT molecular complexity index is 591.